The summed E-state index contributed by atoms with van der Waals surface area (Å²) in [5.41, 5.74) is 0. The zero-order valence-electron chi connectivity index (χ0n) is 11.1. The summed E-state index contributed by atoms with van der Waals surface area (Å²) in [4.78, 5) is 0. The average Bonchev–Trinajstić information content (AvgIpc) is 1.76. The van der Waals surface area contributed by atoms with Crippen LogP contribution in [-0.4, -0.2) is 71.5 Å². The predicted molar refractivity (Wildman–Crippen MR) is 59.2 cm³/mol. The van der Waals surface area contributed by atoms with E-state index in [1.807, 2.05) is 0 Å². The van der Waals surface area contributed by atoms with Crippen LogP contribution < -0.4 is 0 Å². The summed E-state index contributed by atoms with van der Waals surface area (Å²) in [5.74, 6) is 0. The molecule has 9 nitrogen and oxygen atoms in total. The van der Waals surface area contributed by atoms with Gasteiger partial charge in [-0.15, -0.1) is 0 Å². The van der Waals surface area contributed by atoms with Crippen LogP contribution in [0.1, 0.15) is 27.7 Å². The first-order valence-corrected chi connectivity index (χ1v) is 4.37. The van der Waals surface area contributed by atoms with Crippen molar-refractivity contribution in [3.63, 3.8) is 0 Å². The minimum absolute atomic E-state index is 0. The maximum Gasteiger partial charge on any atom is 0.148 e. The molecule has 0 unspecified atom stereocenters. The van der Waals surface area contributed by atoms with Crippen LogP contribution in [0.4, 0.5) is 0 Å². The molecule has 0 aliphatic carbocycles. The summed E-state index contributed by atoms with van der Waals surface area (Å²) in [6.07, 6.45) is -4.67. The van der Waals surface area contributed by atoms with Crippen LogP contribution in [0.2, 0.25) is 0 Å². The van der Waals surface area contributed by atoms with E-state index in [1.54, 1.807) is 0 Å². The van der Waals surface area contributed by atoms with Gasteiger partial charge in [0.15, 0.2) is 0 Å². The molecule has 11 heteroatoms. The summed E-state index contributed by atoms with van der Waals surface area (Å²) < 4.78 is 0. The molecule has 0 bridgehead atoms. The molecule has 0 spiro atoms. The van der Waals surface area contributed by atoms with Gasteiger partial charge in [0.05, 0.1) is 0 Å². The van der Waals surface area contributed by atoms with E-state index in [4.69, 9.17) is 40.9 Å². The average molecular weight is 378 g/mol. The van der Waals surface area contributed by atoms with Crippen molar-refractivity contribution in [3.8, 4) is 0 Å². The van der Waals surface area contributed by atoms with Gasteiger partial charge in [-0.05, 0) is 27.7 Å². The van der Waals surface area contributed by atoms with Gasteiger partial charge >= 0.3 is 0 Å². The Morgan fingerprint density at radius 1 is 0.421 bits per heavy atom. The number of rotatable bonds is 0. The Hall–Kier alpha value is 0.679. The molecule has 10 N–H and O–H groups in total. The summed E-state index contributed by atoms with van der Waals surface area (Å²) in [6, 6.07) is 0. The predicted octanol–water partition coefficient (Wildman–Crippen LogP) is -3.56. The SMILES string of the molecule is CC(O)O.CC(O)O.CC(O)O.CC(O)O.O.[Fe].[Fe]. The van der Waals surface area contributed by atoms with Crippen molar-refractivity contribution in [2.75, 3.05) is 0 Å². The van der Waals surface area contributed by atoms with Crippen molar-refractivity contribution < 1.29 is 80.5 Å². The second-order valence-electron chi connectivity index (χ2n) is 2.53. The third-order valence-corrected chi connectivity index (χ3v) is 0. The zero-order valence-corrected chi connectivity index (χ0v) is 13.3. The van der Waals surface area contributed by atoms with Crippen molar-refractivity contribution in [1.29, 1.82) is 0 Å². The third kappa shape index (κ3) is 11300. The summed E-state index contributed by atoms with van der Waals surface area (Å²) in [7, 11) is 0. The molecule has 0 saturated heterocycles. The van der Waals surface area contributed by atoms with E-state index in [0.717, 1.165) is 0 Å². The van der Waals surface area contributed by atoms with Gasteiger partial charge < -0.3 is 46.3 Å². The molecule has 0 aromatic carbocycles. The first-order valence-electron chi connectivity index (χ1n) is 4.37. The molecule has 0 saturated carbocycles. The largest absolute Gasteiger partial charge is 0.412 e. The van der Waals surface area contributed by atoms with E-state index in [-0.39, 0.29) is 39.6 Å². The maximum absolute atomic E-state index is 7.61. The van der Waals surface area contributed by atoms with Crippen molar-refractivity contribution in [1.82, 2.24) is 0 Å². The third-order valence-electron chi connectivity index (χ3n) is 0. The van der Waals surface area contributed by atoms with E-state index >= 15 is 0 Å². The van der Waals surface area contributed by atoms with E-state index < -0.39 is 25.2 Å². The topological polar surface area (TPSA) is 193 Å². The molecule has 128 valence electrons. The Balaban J connectivity index is -0.0000000192. The molecular formula is C8H26Fe2O9. The van der Waals surface area contributed by atoms with Crippen molar-refractivity contribution in [3.05, 3.63) is 0 Å². The molecule has 0 atom stereocenters. The molecule has 0 radical (unpaired) electrons. The Morgan fingerprint density at radius 3 is 0.421 bits per heavy atom. The second kappa shape index (κ2) is 36.3. The number of aliphatic hydroxyl groups excluding tert-OH is 4. The Kier molecular flexibility index (Phi) is 81.6. The molecule has 0 heterocycles. The van der Waals surface area contributed by atoms with Crippen LogP contribution in [0.15, 0.2) is 0 Å². The molecule has 0 rings (SSSR count). The van der Waals surface area contributed by atoms with Gasteiger partial charge in [0, 0.05) is 34.1 Å². The molecule has 0 aromatic rings. The van der Waals surface area contributed by atoms with Crippen LogP contribution in [-0.2, 0) is 34.1 Å². The Labute approximate surface area is 133 Å². The molecule has 0 aromatic heterocycles. The van der Waals surface area contributed by atoms with Gasteiger partial charge in [-0.3, -0.25) is 0 Å². The van der Waals surface area contributed by atoms with Crippen LogP contribution in [0.5, 0.6) is 0 Å². The van der Waals surface area contributed by atoms with E-state index in [2.05, 4.69) is 0 Å². The molecule has 0 aliphatic rings. The van der Waals surface area contributed by atoms with Gasteiger partial charge in [0.1, 0.15) is 25.2 Å². The van der Waals surface area contributed by atoms with Crippen LogP contribution in [0.25, 0.3) is 0 Å². The maximum atomic E-state index is 7.61. The summed E-state index contributed by atoms with van der Waals surface area (Å²) in [5, 5.41) is 60.9. The monoisotopic (exact) mass is 378 g/mol. The number of hydrogen-bond acceptors (Lipinski definition) is 8. The fraction of sp³-hybridized carbons (Fsp3) is 1.00. The van der Waals surface area contributed by atoms with Crippen molar-refractivity contribution in [2.45, 2.75) is 52.9 Å². The smallest absolute Gasteiger partial charge is 0.148 e. The van der Waals surface area contributed by atoms with Gasteiger partial charge in [-0.1, -0.05) is 0 Å². The zero-order chi connectivity index (χ0) is 14.3. The molecule has 0 aliphatic heterocycles. The first-order chi connectivity index (χ1) is 6.93. The molecule has 0 amide bonds. The minimum Gasteiger partial charge on any atom is -0.412 e. The van der Waals surface area contributed by atoms with Gasteiger partial charge in [0.25, 0.3) is 0 Å². The summed E-state index contributed by atoms with van der Waals surface area (Å²) in [6.45, 7) is 5.11. The first kappa shape index (κ1) is 42.7. The van der Waals surface area contributed by atoms with Gasteiger partial charge in [-0.2, -0.15) is 0 Å². The normalized spacial score (nSPS) is 7.58. The fourth-order valence-corrected chi connectivity index (χ4v) is 0. The standard InChI is InChI=1S/4C2H6O2.2Fe.H2O/c4*1-2(3)4;;;/h4*2-4H,1H3;;;1H2. The molecule has 0 fully saturated rings. The van der Waals surface area contributed by atoms with E-state index in [0.29, 0.717) is 0 Å². The van der Waals surface area contributed by atoms with E-state index in [9.17, 15) is 0 Å². The molecular weight excluding hydrogens is 352 g/mol. The minimum atomic E-state index is -1.17. The van der Waals surface area contributed by atoms with Crippen molar-refractivity contribution in [2.24, 2.45) is 0 Å². The Morgan fingerprint density at radius 2 is 0.421 bits per heavy atom. The van der Waals surface area contributed by atoms with Crippen molar-refractivity contribution >= 4 is 0 Å². The molecule has 19 heavy (non-hydrogen) atoms. The van der Waals surface area contributed by atoms with E-state index in [1.165, 1.54) is 27.7 Å². The fourth-order valence-electron chi connectivity index (χ4n) is 0. The Bertz CT molecular complexity index is 69.2. The van der Waals surface area contributed by atoms with Crippen LogP contribution in [0, 0.1) is 0 Å². The van der Waals surface area contributed by atoms with Crippen LogP contribution >= 0.6 is 0 Å². The summed E-state index contributed by atoms with van der Waals surface area (Å²) >= 11 is 0. The number of hydrogen-bond donors (Lipinski definition) is 8. The van der Waals surface area contributed by atoms with Gasteiger partial charge in [0.2, 0.25) is 0 Å². The van der Waals surface area contributed by atoms with Crippen LogP contribution in [0.3, 0.4) is 0 Å². The quantitative estimate of drug-likeness (QED) is 0.157. The number of aliphatic hydroxyl groups is 8. The van der Waals surface area contributed by atoms with Gasteiger partial charge in [-0.25, -0.2) is 0 Å². The second-order valence-corrected chi connectivity index (χ2v) is 2.53.